The molecule has 3 aromatic rings. The quantitative estimate of drug-likeness (QED) is 0.627. The van der Waals surface area contributed by atoms with Crippen LogP contribution < -0.4 is 16.7 Å². The first-order valence-electron chi connectivity index (χ1n) is 9.30. The van der Waals surface area contributed by atoms with Crippen molar-refractivity contribution in [1.82, 2.24) is 14.3 Å². The van der Waals surface area contributed by atoms with Crippen LogP contribution in [0.2, 0.25) is 0 Å². The van der Waals surface area contributed by atoms with Crippen molar-refractivity contribution < 1.29 is 13.6 Å². The highest BCUT2D eigenvalue weighted by molar-refractivity contribution is 7.15. The van der Waals surface area contributed by atoms with E-state index in [1.807, 2.05) is 6.07 Å². The van der Waals surface area contributed by atoms with E-state index in [9.17, 15) is 18.4 Å². The van der Waals surface area contributed by atoms with Gasteiger partial charge in [0.05, 0.1) is 19.4 Å². The topological polar surface area (TPSA) is 94.9 Å². The van der Waals surface area contributed by atoms with Crippen molar-refractivity contribution in [3.63, 3.8) is 0 Å². The predicted octanol–water partition coefficient (Wildman–Crippen LogP) is 2.66. The van der Waals surface area contributed by atoms with Crippen LogP contribution in [0.3, 0.4) is 0 Å². The Bertz CT molecular complexity index is 1190. The molecule has 1 amide bonds. The summed E-state index contributed by atoms with van der Waals surface area (Å²) < 4.78 is 29.9. The number of nitrogens with zero attached hydrogens (tertiary/aromatic N) is 3. The number of aromatic nitrogens is 3. The lowest BCUT2D eigenvalue weighted by Crippen LogP contribution is -2.26. The lowest BCUT2D eigenvalue weighted by atomic mass is 9.99. The zero-order valence-electron chi connectivity index (χ0n) is 15.9. The van der Waals surface area contributed by atoms with Gasteiger partial charge in [0.2, 0.25) is 5.91 Å². The lowest BCUT2D eigenvalue weighted by Gasteiger charge is -2.17. The minimum atomic E-state index is -0.415. The molecule has 0 spiro atoms. The maximum atomic E-state index is 14.6. The number of aryl methyl sites for hydroxylation is 1. The number of nitrogens with two attached hydrogens (primary N) is 1. The van der Waals surface area contributed by atoms with Crippen molar-refractivity contribution in [3.05, 3.63) is 69.2 Å². The SMILES string of the molecule is NC/C(=C\F)Cn1ncn(Cc2ccc(-c3cc4c(cc3F)NC(=O)CC4)s2)c1=O. The van der Waals surface area contributed by atoms with E-state index in [0.29, 0.717) is 30.4 Å². The van der Waals surface area contributed by atoms with Crippen LogP contribution in [0.1, 0.15) is 16.9 Å². The molecule has 0 bridgehead atoms. The number of fused-ring (bicyclic) bond motifs is 1. The summed E-state index contributed by atoms with van der Waals surface area (Å²) >= 11 is 1.37. The molecule has 0 fully saturated rings. The number of benzene rings is 1. The van der Waals surface area contributed by atoms with Crippen molar-refractivity contribution in [3.8, 4) is 10.4 Å². The number of amides is 1. The zero-order valence-corrected chi connectivity index (χ0v) is 16.7. The van der Waals surface area contributed by atoms with E-state index < -0.39 is 5.82 Å². The van der Waals surface area contributed by atoms with E-state index in [4.69, 9.17) is 5.73 Å². The first-order valence-corrected chi connectivity index (χ1v) is 10.1. The van der Waals surface area contributed by atoms with Gasteiger partial charge >= 0.3 is 5.69 Å². The summed E-state index contributed by atoms with van der Waals surface area (Å²) in [7, 11) is 0. The molecule has 0 atom stereocenters. The summed E-state index contributed by atoms with van der Waals surface area (Å²) in [5, 5.41) is 6.68. The molecule has 4 rings (SSSR count). The van der Waals surface area contributed by atoms with Gasteiger partial charge in [-0.2, -0.15) is 5.10 Å². The summed E-state index contributed by atoms with van der Waals surface area (Å²) in [6, 6.07) is 6.75. The second-order valence-electron chi connectivity index (χ2n) is 6.97. The Morgan fingerprint density at radius 1 is 1.30 bits per heavy atom. The number of thiophene rings is 1. The second kappa shape index (κ2) is 8.33. The van der Waals surface area contributed by atoms with Crippen LogP contribution in [-0.4, -0.2) is 26.8 Å². The van der Waals surface area contributed by atoms with Gasteiger partial charge in [-0.05, 0) is 41.8 Å². The van der Waals surface area contributed by atoms with Gasteiger partial charge in [0.25, 0.3) is 0 Å². The van der Waals surface area contributed by atoms with Gasteiger partial charge in [0.15, 0.2) is 0 Å². The molecule has 0 radical (unpaired) electrons. The lowest BCUT2D eigenvalue weighted by molar-refractivity contribution is -0.116. The van der Waals surface area contributed by atoms with Crippen LogP contribution in [0.25, 0.3) is 10.4 Å². The molecule has 1 aromatic carbocycles. The van der Waals surface area contributed by atoms with Gasteiger partial charge in [0.1, 0.15) is 12.1 Å². The molecule has 3 heterocycles. The number of halogens is 2. The largest absolute Gasteiger partial charge is 0.346 e. The van der Waals surface area contributed by atoms with Crippen molar-refractivity contribution in [2.24, 2.45) is 5.73 Å². The number of hydrogen-bond acceptors (Lipinski definition) is 5. The van der Waals surface area contributed by atoms with E-state index >= 15 is 0 Å². The van der Waals surface area contributed by atoms with Crippen molar-refractivity contribution in [2.75, 3.05) is 11.9 Å². The van der Waals surface area contributed by atoms with Crippen molar-refractivity contribution in [1.29, 1.82) is 0 Å². The molecule has 1 aliphatic rings. The van der Waals surface area contributed by atoms with E-state index in [-0.39, 0.29) is 36.8 Å². The van der Waals surface area contributed by atoms with Crippen LogP contribution in [0.4, 0.5) is 14.5 Å². The third-order valence-electron chi connectivity index (χ3n) is 4.91. The van der Waals surface area contributed by atoms with Gasteiger partial charge < -0.3 is 11.1 Å². The van der Waals surface area contributed by atoms with E-state index in [1.54, 1.807) is 12.1 Å². The van der Waals surface area contributed by atoms with Crippen LogP contribution >= 0.6 is 11.3 Å². The Hall–Kier alpha value is -3.11. The third-order valence-corrected chi connectivity index (χ3v) is 6.01. The highest BCUT2D eigenvalue weighted by atomic mass is 32.1. The smallest absolute Gasteiger partial charge is 0.327 e. The minimum Gasteiger partial charge on any atom is -0.327 e. The summed E-state index contributed by atoms with van der Waals surface area (Å²) in [6.45, 7) is 0.259. The Labute approximate surface area is 174 Å². The maximum absolute atomic E-state index is 14.6. The Morgan fingerprint density at radius 2 is 2.13 bits per heavy atom. The molecule has 0 aliphatic carbocycles. The Morgan fingerprint density at radius 3 is 2.90 bits per heavy atom. The molecule has 3 N–H and O–H groups in total. The van der Waals surface area contributed by atoms with Gasteiger partial charge in [0, 0.05) is 34.0 Å². The van der Waals surface area contributed by atoms with Gasteiger partial charge in [-0.15, -0.1) is 11.3 Å². The number of anilines is 1. The molecule has 2 aromatic heterocycles. The maximum Gasteiger partial charge on any atom is 0.346 e. The number of hydrogen-bond donors (Lipinski definition) is 2. The minimum absolute atomic E-state index is 0.000106. The molecule has 156 valence electrons. The second-order valence-corrected chi connectivity index (χ2v) is 8.14. The Balaban J connectivity index is 1.55. The molecule has 0 saturated carbocycles. The molecule has 7 nitrogen and oxygen atoms in total. The summed E-state index contributed by atoms with van der Waals surface area (Å²) in [6.07, 6.45) is 2.72. The predicted molar refractivity (Wildman–Crippen MR) is 110 cm³/mol. The van der Waals surface area contributed by atoms with E-state index in [1.165, 1.54) is 28.3 Å². The molecule has 1 aliphatic heterocycles. The van der Waals surface area contributed by atoms with Crippen molar-refractivity contribution >= 4 is 22.9 Å². The highest BCUT2D eigenvalue weighted by Crippen LogP contribution is 2.35. The van der Waals surface area contributed by atoms with Gasteiger partial charge in [-0.3, -0.25) is 9.36 Å². The monoisotopic (exact) mass is 431 g/mol. The highest BCUT2D eigenvalue weighted by Gasteiger charge is 2.19. The summed E-state index contributed by atoms with van der Waals surface area (Å²) in [5.74, 6) is -0.527. The molecule has 30 heavy (non-hydrogen) atoms. The van der Waals surface area contributed by atoms with Gasteiger partial charge in [-0.25, -0.2) is 18.3 Å². The average molecular weight is 431 g/mol. The standard InChI is InChI=1S/C20H19F2N5O2S/c21-7-12(8-23)9-27-20(29)26(11-24-27)10-14-2-3-18(30-14)15-5-13-1-4-19(28)25-17(13)6-16(15)22/h2-3,5-7,11H,1,4,8-10,23H2,(H,25,28)/b12-7+. The van der Waals surface area contributed by atoms with Crippen molar-refractivity contribution in [2.45, 2.75) is 25.9 Å². The van der Waals surface area contributed by atoms with Crippen LogP contribution in [0.15, 0.2) is 47.3 Å². The van der Waals surface area contributed by atoms with Crippen LogP contribution in [-0.2, 0) is 24.3 Å². The Kier molecular flexibility index (Phi) is 5.60. The normalized spacial score (nSPS) is 14.0. The van der Waals surface area contributed by atoms with Crippen LogP contribution in [0, 0.1) is 5.82 Å². The van der Waals surface area contributed by atoms with Crippen LogP contribution in [0.5, 0.6) is 0 Å². The van der Waals surface area contributed by atoms with Gasteiger partial charge in [-0.1, -0.05) is 0 Å². The molecular formula is C20H19F2N5O2S. The zero-order chi connectivity index (χ0) is 21.3. The molecular weight excluding hydrogens is 412 g/mol. The molecule has 0 saturated heterocycles. The summed E-state index contributed by atoms with van der Waals surface area (Å²) in [4.78, 5) is 25.5. The fraction of sp³-hybridized carbons (Fsp3) is 0.250. The summed E-state index contributed by atoms with van der Waals surface area (Å²) in [5.41, 5.74) is 7.18. The third kappa shape index (κ3) is 3.96. The average Bonchev–Trinajstić information content (AvgIpc) is 3.33. The van der Waals surface area contributed by atoms with E-state index in [0.717, 1.165) is 20.0 Å². The number of nitrogens with one attached hydrogen (secondary N) is 1. The first-order chi connectivity index (χ1) is 14.5. The number of carbonyl (C=O) groups is 1. The first kappa shape index (κ1) is 20.2. The number of carbonyl (C=O) groups excluding carboxylic acids is 1. The number of rotatable bonds is 6. The molecule has 0 unspecified atom stereocenters. The fourth-order valence-corrected chi connectivity index (χ4v) is 4.32. The van der Waals surface area contributed by atoms with E-state index in [2.05, 4.69) is 10.4 Å². The fourth-order valence-electron chi connectivity index (χ4n) is 3.29. The molecule has 10 heteroatoms.